The molecule has 4 rings (SSSR count). The number of nitrogens with zero attached hydrogens (tertiary/aromatic N) is 5. The van der Waals surface area contributed by atoms with Gasteiger partial charge in [0.15, 0.2) is 17.3 Å². The minimum Gasteiger partial charge on any atom is -0.291 e. The number of carbonyl (C=O) groups is 1. The highest BCUT2D eigenvalue weighted by atomic mass is 19.1. The molecule has 0 atom stereocenters. The molecular weight excluding hydrogens is 335 g/mol. The van der Waals surface area contributed by atoms with E-state index < -0.39 is 0 Å². The number of nitrogens with one attached hydrogen (secondary N) is 1. The number of rotatable bonds is 5. The van der Waals surface area contributed by atoms with Gasteiger partial charge in [0.25, 0.3) is 0 Å². The van der Waals surface area contributed by atoms with Gasteiger partial charge in [-0.15, -0.1) is 0 Å². The molecule has 0 aliphatic rings. The molecule has 0 saturated heterocycles. The van der Waals surface area contributed by atoms with Crippen molar-refractivity contribution in [3.63, 3.8) is 0 Å². The number of hydrogen-bond acceptors (Lipinski definition) is 5. The van der Waals surface area contributed by atoms with Crippen molar-refractivity contribution in [3.05, 3.63) is 59.8 Å². The van der Waals surface area contributed by atoms with Gasteiger partial charge in [0.2, 0.25) is 5.82 Å². The van der Waals surface area contributed by atoms with E-state index in [-0.39, 0.29) is 24.0 Å². The fourth-order valence-corrected chi connectivity index (χ4v) is 2.73. The van der Waals surface area contributed by atoms with E-state index >= 15 is 0 Å². The summed E-state index contributed by atoms with van der Waals surface area (Å²) in [6.45, 7) is 1.98. The van der Waals surface area contributed by atoms with Crippen molar-refractivity contribution in [2.24, 2.45) is 0 Å². The molecule has 7 nitrogen and oxygen atoms in total. The number of aromatic nitrogens is 6. The first-order chi connectivity index (χ1) is 12.7. The summed E-state index contributed by atoms with van der Waals surface area (Å²) < 4.78 is 15.6. The standard InChI is InChI=1S/C18H15FN6O/c1-2-14(26)16-21-17(23-22-16)15-12-7-5-9-20-18(12)25(24-15)10-11-6-3-4-8-13(11)19/h3-9H,2,10H2,1H3,(H,21,22,23). The lowest BCUT2D eigenvalue weighted by atomic mass is 10.2. The zero-order valence-corrected chi connectivity index (χ0v) is 14.0. The SMILES string of the molecule is CCC(=O)c1nc(-c2nn(Cc3ccccc3F)c3ncccc23)n[nH]1. The Labute approximate surface area is 147 Å². The van der Waals surface area contributed by atoms with Gasteiger partial charge in [-0.3, -0.25) is 9.89 Å². The van der Waals surface area contributed by atoms with Crippen LogP contribution in [-0.4, -0.2) is 35.7 Å². The van der Waals surface area contributed by atoms with Crippen molar-refractivity contribution in [3.8, 4) is 11.5 Å². The van der Waals surface area contributed by atoms with Crippen LogP contribution in [0.1, 0.15) is 29.5 Å². The summed E-state index contributed by atoms with van der Waals surface area (Å²) in [6, 6.07) is 10.2. The Kier molecular flexibility index (Phi) is 4.00. The predicted molar refractivity (Wildman–Crippen MR) is 93.0 cm³/mol. The normalized spacial score (nSPS) is 11.2. The lowest BCUT2D eigenvalue weighted by molar-refractivity contribution is 0.0978. The number of carbonyl (C=O) groups excluding carboxylic acids is 1. The zero-order valence-electron chi connectivity index (χ0n) is 14.0. The third-order valence-corrected chi connectivity index (χ3v) is 4.07. The van der Waals surface area contributed by atoms with Gasteiger partial charge in [0.1, 0.15) is 11.5 Å². The molecule has 4 aromatic rings. The van der Waals surface area contributed by atoms with Gasteiger partial charge in [0.05, 0.1) is 11.9 Å². The van der Waals surface area contributed by atoms with Gasteiger partial charge >= 0.3 is 0 Å². The van der Waals surface area contributed by atoms with E-state index in [1.54, 1.807) is 42.1 Å². The molecule has 0 aliphatic heterocycles. The fourth-order valence-electron chi connectivity index (χ4n) is 2.73. The first-order valence-corrected chi connectivity index (χ1v) is 8.18. The number of fused-ring (bicyclic) bond motifs is 1. The number of aromatic amines is 1. The van der Waals surface area contributed by atoms with Gasteiger partial charge in [-0.1, -0.05) is 25.1 Å². The van der Waals surface area contributed by atoms with Crippen LogP contribution in [0.3, 0.4) is 0 Å². The number of H-pyrrole nitrogens is 1. The van der Waals surface area contributed by atoms with Crippen molar-refractivity contribution in [1.82, 2.24) is 29.9 Å². The second-order valence-electron chi connectivity index (χ2n) is 5.76. The largest absolute Gasteiger partial charge is 0.291 e. The van der Waals surface area contributed by atoms with E-state index in [2.05, 4.69) is 25.3 Å². The van der Waals surface area contributed by atoms with Gasteiger partial charge in [0, 0.05) is 18.2 Å². The van der Waals surface area contributed by atoms with E-state index in [0.29, 0.717) is 29.1 Å². The average Bonchev–Trinajstić information content (AvgIpc) is 3.28. The van der Waals surface area contributed by atoms with Crippen LogP contribution < -0.4 is 0 Å². The van der Waals surface area contributed by atoms with Crippen LogP contribution in [0.25, 0.3) is 22.6 Å². The average molecular weight is 350 g/mol. The maximum Gasteiger partial charge on any atom is 0.202 e. The molecule has 26 heavy (non-hydrogen) atoms. The highest BCUT2D eigenvalue weighted by Gasteiger charge is 2.19. The highest BCUT2D eigenvalue weighted by Crippen LogP contribution is 2.25. The minimum atomic E-state index is -0.303. The molecule has 0 unspecified atom stereocenters. The lowest BCUT2D eigenvalue weighted by Crippen LogP contribution is -2.04. The van der Waals surface area contributed by atoms with Gasteiger partial charge in [-0.25, -0.2) is 19.0 Å². The predicted octanol–water partition coefficient (Wildman–Crippen LogP) is 3.00. The van der Waals surface area contributed by atoms with Gasteiger partial charge in [-0.2, -0.15) is 10.2 Å². The topological polar surface area (TPSA) is 89.3 Å². The summed E-state index contributed by atoms with van der Waals surface area (Å²) in [7, 11) is 0. The molecule has 0 bridgehead atoms. The van der Waals surface area contributed by atoms with Crippen LogP contribution in [0.2, 0.25) is 0 Å². The third-order valence-electron chi connectivity index (χ3n) is 4.07. The Bertz CT molecular complexity index is 1100. The summed E-state index contributed by atoms with van der Waals surface area (Å²) in [5.74, 6) is 0.0783. The summed E-state index contributed by atoms with van der Waals surface area (Å²) in [5.41, 5.74) is 1.60. The number of benzene rings is 1. The van der Waals surface area contributed by atoms with Crippen molar-refractivity contribution in [2.75, 3.05) is 0 Å². The second kappa shape index (κ2) is 6.47. The van der Waals surface area contributed by atoms with E-state index in [1.807, 2.05) is 6.07 Å². The van der Waals surface area contributed by atoms with Crippen molar-refractivity contribution >= 4 is 16.8 Å². The monoisotopic (exact) mass is 350 g/mol. The summed E-state index contributed by atoms with van der Waals surface area (Å²) in [6.07, 6.45) is 1.98. The fraction of sp³-hybridized carbons (Fsp3) is 0.167. The van der Waals surface area contributed by atoms with Crippen LogP contribution in [0.4, 0.5) is 4.39 Å². The van der Waals surface area contributed by atoms with Crippen LogP contribution in [0.15, 0.2) is 42.6 Å². The molecule has 0 radical (unpaired) electrons. The minimum absolute atomic E-state index is 0.128. The Morgan fingerprint density at radius 2 is 2.08 bits per heavy atom. The van der Waals surface area contributed by atoms with Crippen LogP contribution >= 0.6 is 0 Å². The number of ketones is 1. The van der Waals surface area contributed by atoms with Gasteiger partial charge in [-0.05, 0) is 18.2 Å². The maximum atomic E-state index is 14.0. The Morgan fingerprint density at radius 1 is 1.23 bits per heavy atom. The highest BCUT2D eigenvalue weighted by molar-refractivity contribution is 5.94. The lowest BCUT2D eigenvalue weighted by Gasteiger charge is -2.04. The molecule has 8 heteroatoms. The van der Waals surface area contributed by atoms with Crippen molar-refractivity contribution in [2.45, 2.75) is 19.9 Å². The Balaban J connectivity index is 1.80. The smallest absolute Gasteiger partial charge is 0.202 e. The van der Waals surface area contributed by atoms with E-state index in [0.717, 1.165) is 5.39 Å². The zero-order chi connectivity index (χ0) is 18.1. The molecule has 1 N–H and O–H groups in total. The molecule has 0 amide bonds. The van der Waals surface area contributed by atoms with Gasteiger partial charge < -0.3 is 0 Å². The summed E-state index contributed by atoms with van der Waals surface area (Å²) in [4.78, 5) is 20.4. The van der Waals surface area contributed by atoms with Crippen LogP contribution in [0.5, 0.6) is 0 Å². The summed E-state index contributed by atoms with van der Waals surface area (Å²) in [5, 5.41) is 12.0. The molecule has 0 saturated carbocycles. The van der Waals surface area contributed by atoms with E-state index in [9.17, 15) is 9.18 Å². The van der Waals surface area contributed by atoms with E-state index in [1.165, 1.54) is 6.07 Å². The molecule has 0 aliphatic carbocycles. The molecule has 1 aromatic carbocycles. The molecule has 0 spiro atoms. The molecular formula is C18H15FN6O. The molecule has 0 fully saturated rings. The summed E-state index contributed by atoms with van der Waals surface area (Å²) >= 11 is 0. The first-order valence-electron chi connectivity index (χ1n) is 8.18. The van der Waals surface area contributed by atoms with E-state index in [4.69, 9.17) is 0 Å². The number of hydrogen-bond donors (Lipinski definition) is 1. The van der Waals surface area contributed by atoms with Crippen molar-refractivity contribution in [1.29, 1.82) is 0 Å². The third kappa shape index (κ3) is 2.75. The Hall–Kier alpha value is -3.42. The quantitative estimate of drug-likeness (QED) is 0.559. The second-order valence-corrected chi connectivity index (χ2v) is 5.76. The van der Waals surface area contributed by atoms with Crippen molar-refractivity contribution < 1.29 is 9.18 Å². The maximum absolute atomic E-state index is 14.0. The first kappa shape index (κ1) is 16.1. The number of halogens is 1. The number of Topliss-reactive ketones (excluding diaryl/α,β-unsaturated/α-hetero) is 1. The van der Waals surface area contributed by atoms with Crippen LogP contribution in [0, 0.1) is 5.82 Å². The molecule has 3 aromatic heterocycles. The number of pyridine rings is 1. The van der Waals surface area contributed by atoms with Crippen LogP contribution in [-0.2, 0) is 6.54 Å². The Morgan fingerprint density at radius 3 is 2.88 bits per heavy atom. The molecule has 3 heterocycles. The molecule has 130 valence electrons.